The quantitative estimate of drug-likeness (QED) is 0.408. The average Bonchev–Trinajstić information content (AvgIpc) is 2.82. The van der Waals surface area contributed by atoms with Crippen molar-refractivity contribution in [1.82, 2.24) is 4.31 Å². The van der Waals surface area contributed by atoms with Crippen LogP contribution in [0.5, 0.6) is 5.75 Å². The first-order valence-corrected chi connectivity index (χ1v) is 11.0. The summed E-state index contributed by atoms with van der Waals surface area (Å²) < 4.78 is 41.3. The Morgan fingerprint density at radius 1 is 0.970 bits per heavy atom. The monoisotopic (exact) mass is 476 g/mol. The van der Waals surface area contributed by atoms with Gasteiger partial charge in [0.15, 0.2) is 0 Å². The Bertz CT molecular complexity index is 1110. The maximum Gasteiger partial charge on any atom is 0.337 e. The Balaban J connectivity index is 2.29. The standard InChI is InChI=1S/C22H24N2O8S/c1-5-10-24(33(28,29)19-8-6-18(30-2)7-9-19)14-20(25)23-17-12-15(21(26)31-3)11-16(13-17)22(27)32-4/h5-9,11-13H,1,10,14H2,2-4H3,(H,23,25). The topological polar surface area (TPSA) is 128 Å². The summed E-state index contributed by atoms with van der Waals surface area (Å²) in [6.45, 7) is 2.87. The molecule has 0 aliphatic carbocycles. The van der Waals surface area contributed by atoms with Gasteiger partial charge in [-0.05, 0) is 42.5 Å². The molecule has 0 fully saturated rings. The van der Waals surface area contributed by atoms with Crippen molar-refractivity contribution >= 4 is 33.6 Å². The van der Waals surface area contributed by atoms with E-state index >= 15 is 0 Å². The molecule has 0 radical (unpaired) electrons. The van der Waals surface area contributed by atoms with Crippen molar-refractivity contribution in [3.63, 3.8) is 0 Å². The van der Waals surface area contributed by atoms with E-state index in [1.807, 2.05) is 0 Å². The van der Waals surface area contributed by atoms with Crippen molar-refractivity contribution in [3.05, 3.63) is 66.2 Å². The predicted octanol–water partition coefficient (Wildman–Crippen LogP) is 2.08. The fourth-order valence-corrected chi connectivity index (χ4v) is 4.19. The lowest BCUT2D eigenvalue weighted by Crippen LogP contribution is -2.38. The summed E-state index contributed by atoms with van der Waals surface area (Å²) in [4.78, 5) is 36.5. The molecule has 11 heteroatoms. The van der Waals surface area contributed by atoms with E-state index in [1.54, 1.807) is 0 Å². The lowest BCUT2D eigenvalue weighted by atomic mass is 10.1. The van der Waals surface area contributed by atoms with E-state index in [4.69, 9.17) is 4.74 Å². The van der Waals surface area contributed by atoms with Crippen LogP contribution in [0, 0.1) is 0 Å². The first-order valence-electron chi connectivity index (χ1n) is 9.53. The fourth-order valence-electron chi connectivity index (χ4n) is 2.82. The van der Waals surface area contributed by atoms with Crippen LogP contribution in [-0.4, -0.2) is 65.0 Å². The van der Waals surface area contributed by atoms with Crippen LogP contribution in [-0.2, 0) is 24.3 Å². The lowest BCUT2D eigenvalue weighted by molar-refractivity contribution is -0.116. The third kappa shape index (κ3) is 6.40. The zero-order valence-corrected chi connectivity index (χ0v) is 19.2. The van der Waals surface area contributed by atoms with Crippen molar-refractivity contribution < 1.29 is 37.0 Å². The van der Waals surface area contributed by atoms with Crippen molar-refractivity contribution in [3.8, 4) is 5.75 Å². The van der Waals surface area contributed by atoms with Crippen molar-refractivity contribution in [1.29, 1.82) is 0 Å². The minimum Gasteiger partial charge on any atom is -0.497 e. The summed E-state index contributed by atoms with van der Waals surface area (Å²) in [6, 6.07) is 9.57. The molecule has 2 rings (SSSR count). The summed E-state index contributed by atoms with van der Waals surface area (Å²) in [5.74, 6) is -1.68. The zero-order valence-electron chi connectivity index (χ0n) is 18.4. The number of amides is 1. The third-order valence-corrected chi connectivity index (χ3v) is 6.23. The molecule has 10 nitrogen and oxygen atoms in total. The van der Waals surface area contributed by atoms with Crippen molar-refractivity contribution in [2.45, 2.75) is 4.90 Å². The molecule has 0 bridgehead atoms. The van der Waals surface area contributed by atoms with E-state index in [2.05, 4.69) is 21.4 Å². The predicted molar refractivity (Wildman–Crippen MR) is 120 cm³/mol. The van der Waals surface area contributed by atoms with Crippen LogP contribution in [0.25, 0.3) is 0 Å². The zero-order chi connectivity index (χ0) is 24.6. The third-order valence-electron chi connectivity index (χ3n) is 4.41. The van der Waals surface area contributed by atoms with Gasteiger partial charge in [0.2, 0.25) is 15.9 Å². The number of carbonyl (C=O) groups is 3. The molecule has 0 atom stereocenters. The average molecular weight is 477 g/mol. The van der Waals surface area contributed by atoms with Gasteiger partial charge in [0.25, 0.3) is 0 Å². The van der Waals surface area contributed by atoms with E-state index < -0.39 is 34.4 Å². The number of esters is 2. The van der Waals surface area contributed by atoms with Crippen LogP contribution < -0.4 is 10.1 Å². The minimum atomic E-state index is -4.03. The number of nitrogens with one attached hydrogen (secondary N) is 1. The van der Waals surface area contributed by atoms with Gasteiger partial charge >= 0.3 is 11.9 Å². The molecule has 33 heavy (non-hydrogen) atoms. The molecular formula is C22H24N2O8S. The molecule has 1 N–H and O–H groups in total. The first-order chi connectivity index (χ1) is 15.7. The molecule has 0 heterocycles. The van der Waals surface area contributed by atoms with Crippen LogP contribution in [0.2, 0.25) is 0 Å². The number of hydrogen-bond acceptors (Lipinski definition) is 8. The molecule has 2 aromatic rings. The maximum atomic E-state index is 13.0. The molecule has 0 aromatic heterocycles. The molecule has 0 saturated heterocycles. The van der Waals surface area contributed by atoms with Crippen LogP contribution >= 0.6 is 0 Å². The van der Waals surface area contributed by atoms with Gasteiger partial charge in [-0.15, -0.1) is 6.58 Å². The highest BCUT2D eigenvalue weighted by Gasteiger charge is 2.26. The number of sulfonamides is 1. The summed E-state index contributed by atoms with van der Waals surface area (Å²) >= 11 is 0. The minimum absolute atomic E-state index is 0.00417. The Morgan fingerprint density at radius 2 is 1.52 bits per heavy atom. The summed E-state index contributed by atoms with van der Waals surface area (Å²) in [5.41, 5.74) is 0.0951. The van der Waals surface area contributed by atoms with Gasteiger partial charge in [-0.2, -0.15) is 4.31 Å². The van der Waals surface area contributed by atoms with Crippen LogP contribution in [0.15, 0.2) is 60.0 Å². The summed E-state index contributed by atoms with van der Waals surface area (Å²) in [6.07, 6.45) is 1.35. The normalized spacial score (nSPS) is 10.9. The fraction of sp³-hybridized carbons (Fsp3) is 0.227. The number of benzene rings is 2. The molecule has 0 aliphatic heterocycles. The number of hydrogen-bond donors (Lipinski definition) is 1. The second kappa shape index (κ2) is 11.2. The first kappa shape index (κ1) is 25.6. The lowest BCUT2D eigenvalue weighted by Gasteiger charge is -2.20. The van der Waals surface area contributed by atoms with Crippen molar-refractivity contribution in [2.75, 3.05) is 39.7 Å². The molecule has 0 unspecified atom stereocenters. The SMILES string of the molecule is C=CCN(CC(=O)Nc1cc(C(=O)OC)cc(C(=O)OC)c1)S(=O)(=O)c1ccc(OC)cc1. The second-order valence-electron chi connectivity index (χ2n) is 6.59. The number of rotatable bonds is 10. The van der Waals surface area contributed by atoms with E-state index in [0.29, 0.717) is 5.75 Å². The highest BCUT2D eigenvalue weighted by Crippen LogP contribution is 2.21. The van der Waals surface area contributed by atoms with E-state index in [9.17, 15) is 22.8 Å². The number of nitrogens with zero attached hydrogens (tertiary/aromatic N) is 1. The molecule has 0 saturated carbocycles. The Labute approximate surface area is 191 Å². The largest absolute Gasteiger partial charge is 0.497 e. The highest BCUT2D eigenvalue weighted by molar-refractivity contribution is 7.89. The summed E-state index contributed by atoms with van der Waals surface area (Å²) in [7, 11) is -0.234. The van der Waals surface area contributed by atoms with Crippen molar-refractivity contribution in [2.24, 2.45) is 0 Å². The van der Waals surface area contributed by atoms with E-state index in [-0.39, 0.29) is 28.3 Å². The molecule has 0 spiro atoms. The molecule has 2 aromatic carbocycles. The van der Waals surface area contributed by atoms with E-state index in [0.717, 1.165) is 4.31 Å². The molecular weight excluding hydrogens is 452 g/mol. The van der Waals surface area contributed by atoms with Crippen LogP contribution in [0.1, 0.15) is 20.7 Å². The second-order valence-corrected chi connectivity index (χ2v) is 8.53. The molecule has 1 amide bonds. The van der Waals surface area contributed by atoms with E-state index in [1.165, 1.54) is 69.9 Å². The van der Waals surface area contributed by atoms with Gasteiger partial charge in [0, 0.05) is 12.2 Å². The van der Waals surface area contributed by atoms with Gasteiger partial charge in [0.05, 0.1) is 43.9 Å². The van der Waals surface area contributed by atoms with Gasteiger partial charge in [-0.3, -0.25) is 4.79 Å². The van der Waals surface area contributed by atoms with Gasteiger partial charge in [-0.25, -0.2) is 18.0 Å². The Hall–Kier alpha value is -3.70. The van der Waals surface area contributed by atoms with Gasteiger partial charge in [0.1, 0.15) is 5.75 Å². The molecule has 0 aliphatic rings. The number of methoxy groups -OCH3 is 3. The number of ether oxygens (including phenoxy) is 3. The van der Waals surface area contributed by atoms with Gasteiger partial charge in [-0.1, -0.05) is 6.08 Å². The molecule has 176 valence electrons. The smallest absolute Gasteiger partial charge is 0.337 e. The number of carbonyl (C=O) groups excluding carboxylic acids is 3. The van der Waals surface area contributed by atoms with Gasteiger partial charge < -0.3 is 19.5 Å². The Kier molecular flexibility index (Phi) is 8.71. The number of anilines is 1. The van der Waals surface area contributed by atoms with Crippen LogP contribution in [0.4, 0.5) is 5.69 Å². The Morgan fingerprint density at radius 3 is 1.97 bits per heavy atom. The van der Waals surface area contributed by atoms with Crippen LogP contribution in [0.3, 0.4) is 0 Å². The maximum absolute atomic E-state index is 13.0. The highest BCUT2D eigenvalue weighted by atomic mass is 32.2. The summed E-state index contributed by atoms with van der Waals surface area (Å²) in [5, 5.41) is 2.50.